The van der Waals surface area contributed by atoms with E-state index in [-0.39, 0.29) is 5.75 Å². The highest BCUT2D eigenvalue weighted by Crippen LogP contribution is 2.10. The van der Waals surface area contributed by atoms with Gasteiger partial charge >= 0.3 is 0 Å². The van der Waals surface area contributed by atoms with Gasteiger partial charge in [-0.1, -0.05) is 0 Å². The second-order valence-electron chi connectivity index (χ2n) is 5.63. The summed E-state index contributed by atoms with van der Waals surface area (Å²) in [4.78, 5) is 4.79. The molecule has 1 aliphatic rings. The molecule has 6 nitrogen and oxygen atoms in total. The largest absolute Gasteiger partial charge is 0.383 e. The normalized spacial score (nSPS) is 22.6. The molecule has 0 bridgehead atoms. The van der Waals surface area contributed by atoms with Crippen molar-refractivity contribution in [2.45, 2.75) is 19.4 Å². The van der Waals surface area contributed by atoms with Gasteiger partial charge in [-0.3, -0.25) is 4.90 Å². The summed E-state index contributed by atoms with van der Waals surface area (Å²) in [6.45, 7) is 7.87. The van der Waals surface area contributed by atoms with Gasteiger partial charge in [0.25, 0.3) is 0 Å². The number of hydrogen-bond acceptors (Lipinski definition) is 5. The Morgan fingerprint density at radius 3 is 2.50 bits per heavy atom. The van der Waals surface area contributed by atoms with Crippen LogP contribution in [0.2, 0.25) is 0 Å². The van der Waals surface area contributed by atoms with E-state index in [1.807, 2.05) is 0 Å². The van der Waals surface area contributed by atoms with Crippen molar-refractivity contribution >= 4 is 10.0 Å². The zero-order valence-corrected chi connectivity index (χ0v) is 14.0. The van der Waals surface area contributed by atoms with E-state index in [1.165, 1.54) is 4.31 Å². The molecule has 0 aromatic carbocycles. The van der Waals surface area contributed by atoms with Crippen LogP contribution in [0.25, 0.3) is 0 Å². The van der Waals surface area contributed by atoms with Crippen molar-refractivity contribution < 1.29 is 13.2 Å². The van der Waals surface area contributed by atoms with Gasteiger partial charge < -0.3 is 9.64 Å². The van der Waals surface area contributed by atoms with Crippen LogP contribution in [-0.2, 0) is 14.8 Å². The lowest BCUT2D eigenvalue weighted by Gasteiger charge is -2.39. The Labute approximate surface area is 123 Å². The smallest absolute Gasteiger partial charge is 0.213 e. The first-order chi connectivity index (χ1) is 9.36. The van der Waals surface area contributed by atoms with E-state index in [9.17, 15) is 8.42 Å². The van der Waals surface area contributed by atoms with E-state index in [4.69, 9.17) is 4.74 Å². The molecule has 0 amide bonds. The number of rotatable bonds is 8. The molecule has 1 rings (SSSR count). The Balaban J connectivity index is 2.28. The summed E-state index contributed by atoms with van der Waals surface area (Å²) in [5, 5.41) is 0. The Hall–Kier alpha value is -0.210. The second kappa shape index (κ2) is 8.29. The Kier molecular flexibility index (Phi) is 7.39. The van der Waals surface area contributed by atoms with Crippen LogP contribution in [0.5, 0.6) is 0 Å². The molecule has 1 unspecified atom stereocenters. The first-order valence-electron chi connectivity index (χ1n) is 7.22. The van der Waals surface area contributed by atoms with Gasteiger partial charge in [0.2, 0.25) is 10.0 Å². The summed E-state index contributed by atoms with van der Waals surface area (Å²) in [6, 6.07) is 0.504. The lowest BCUT2D eigenvalue weighted by atomic mass is 10.2. The van der Waals surface area contributed by atoms with Gasteiger partial charge in [0, 0.05) is 53.4 Å². The summed E-state index contributed by atoms with van der Waals surface area (Å²) in [7, 11) is 1.85. The van der Waals surface area contributed by atoms with Crippen molar-refractivity contribution in [3.8, 4) is 0 Å². The Bertz CT molecular complexity index is 373. The highest BCUT2D eigenvalue weighted by atomic mass is 32.2. The standard InChI is InChI=1S/C13H29N3O3S/c1-13-12-15(7-8-16(13)9-10-19-4)6-5-11-20(17,18)14(2)3/h13H,5-12H2,1-4H3. The van der Waals surface area contributed by atoms with Crippen LogP contribution < -0.4 is 0 Å². The minimum Gasteiger partial charge on any atom is -0.383 e. The van der Waals surface area contributed by atoms with Gasteiger partial charge in [0.15, 0.2) is 0 Å². The van der Waals surface area contributed by atoms with Crippen LogP contribution in [0.3, 0.4) is 0 Å². The molecule has 0 aromatic rings. The van der Waals surface area contributed by atoms with Crippen LogP contribution >= 0.6 is 0 Å². The minimum absolute atomic E-state index is 0.234. The first kappa shape index (κ1) is 17.8. The van der Waals surface area contributed by atoms with Crippen molar-refractivity contribution in [3.63, 3.8) is 0 Å². The second-order valence-corrected chi connectivity index (χ2v) is 7.93. The Morgan fingerprint density at radius 2 is 1.95 bits per heavy atom. The molecule has 20 heavy (non-hydrogen) atoms. The third-order valence-electron chi connectivity index (χ3n) is 3.86. The van der Waals surface area contributed by atoms with E-state index in [1.54, 1.807) is 21.2 Å². The fraction of sp³-hybridized carbons (Fsp3) is 1.00. The first-order valence-corrected chi connectivity index (χ1v) is 8.83. The van der Waals surface area contributed by atoms with E-state index < -0.39 is 10.0 Å². The van der Waals surface area contributed by atoms with Crippen molar-refractivity contribution in [1.29, 1.82) is 0 Å². The van der Waals surface area contributed by atoms with E-state index in [0.717, 1.165) is 39.3 Å². The van der Waals surface area contributed by atoms with Crippen LogP contribution in [-0.4, -0.2) is 94.9 Å². The van der Waals surface area contributed by atoms with Crippen LogP contribution in [0.4, 0.5) is 0 Å². The molecule has 0 radical (unpaired) electrons. The van der Waals surface area contributed by atoms with Crippen LogP contribution in [0, 0.1) is 0 Å². The zero-order valence-electron chi connectivity index (χ0n) is 13.2. The quantitative estimate of drug-likeness (QED) is 0.628. The maximum Gasteiger partial charge on any atom is 0.213 e. The molecule has 1 saturated heterocycles. The number of methoxy groups -OCH3 is 1. The average Bonchev–Trinajstić information content (AvgIpc) is 2.37. The topological polar surface area (TPSA) is 53.1 Å². The molecule has 120 valence electrons. The highest BCUT2D eigenvalue weighted by molar-refractivity contribution is 7.89. The van der Waals surface area contributed by atoms with Crippen molar-refractivity contribution in [1.82, 2.24) is 14.1 Å². The van der Waals surface area contributed by atoms with Gasteiger partial charge in [-0.2, -0.15) is 0 Å². The van der Waals surface area contributed by atoms with Gasteiger partial charge in [0.1, 0.15) is 0 Å². The van der Waals surface area contributed by atoms with Crippen LogP contribution in [0.15, 0.2) is 0 Å². The zero-order chi connectivity index (χ0) is 15.2. The number of nitrogens with zero attached hydrogens (tertiary/aromatic N) is 3. The fourth-order valence-corrected chi connectivity index (χ4v) is 3.33. The molecule has 1 heterocycles. The Morgan fingerprint density at radius 1 is 1.25 bits per heavy atom. The summed E-state index contributed by atoms with van der Waals surface area (Å²) < 4.78 is 29.8. The van der Waals surface area contributed by atoms with Gasteiger partial charge in [-0.25, -0.2) is 12.7 Å². The van der Waals surface area contributed by atoms with E-state index in [2.05, 4.69) is 16.7 Å². The van der Waals surface area contributed by atoms with E-state index in [0.29, 0.717) is 12.5 Å². The molecule has 0 N–H and O–H groups in total. The van der Waals surface area contributed by atoms with Crippen LogP contribution in [0.1, 0.15) is 13.3 Å². The third kappa shape index (κ3) is 5.65. The molecular weight excluding hydrogens is 278 g/mol. The lowest BCUT2D eigenvalue weighted by molar-refractivity contribution is 0.0592. The minimum atomic E-state index is -3.06. The van der Waals surface area contributed by atoms with Gasteiger partial charge in [0.05, 0.1) is 12.4 Å². The SMILES string of the molecule is COCCN1CCN(CCCS(=O)(=O)N(C)C)CC1C. The number of ether oxygens (including phenoxy) is 1. The molecule has 1 atom stereocenters. The summed E-state index contributed by atoms with van der Waals surface area (Å²) >= 11 is 0. The molecule has 1 aliphatic heterocycles. The maximum atomic E-state index is 11.7. The molecule has 1 fully saturated rings. The lowest BCUT2D eigenvalue weighted by Crippen LogP contribution is -2.52. The number of hydrogen-bond donors (Lipinski definition) is 0. The predicted molar refractivity (Wildman–Crippen MR) is 81.4 cm³/mol. The monoisotopic (exact) mass is 307 g/mol. The summed E-state index contributed by atoms with van der Waals surface area (Å²) in [5.41, 5.74) is 0. The average molecular weight is 307 g/mol. The molecule has 0 spiro atoms. The van der Waals surface area contributed by atoms with E-state index >= 15 is 0 Å². The molecule has 7 heteroatoms. The van der Waals surface area contributed by atoms with Crippen molar-refractivity contribution in [3.05, 3.63) is 0 Å². The van der Waals surface area contributed by atoms with Gasteiger partial charge in [-0.15, -0.1) is 0 Å². The summed E-state index contributed by atoms with van der Waals surface area (Å²) in [5.74, 6) is 0.234. The predicted octanol–water partition coefficient (Wildman–Crippen LogP) is -0.0796. The highest BCUT2D eigenvalue weighted by Gasteiger charge is 2.23. The molecular formula is C13H29N3O3S. The molecule has 0 aromatic heterocycles. The third-order valence-corrected chi connectivity index (χ3v) is 5.78. The van der Waals surface area contributed by atoms with Crippen molar-refractivity contribution in [2.24, 2.45) is 0 Å². The molecule has 0 saturated carbocycles. The maximum absolute atomic E-state index is 11.7. The van der Waals surface area contributed by atoms with Gasteiger partial charge in [-0.05, 0) is 19.9 Å². The fourth-order valence-electron chi connectivity index (χ4n) is 2.47. The number of piperazine rings is 1. The molecule has 0 aliphatic carbocycles. The summed E-state index contributed by atoms with van der Waals surface area (Å²) in [6.07, 6.45) is 0.700. The van der Waals surface area contributed by atoms with Crippen molar-refractivity contribution in [2.75, 3.05) is 66.3 Å². The number of sulfonamides is 1.